The number of hydrogen-bond donors (Lipinski definition) is 0. The molecule has 31 heavy (non-hydrogen) atoms. The zero-order valence-corrected chi connectivity index (χ0v) is 18.7. The summed E-state index contributed by atoms with van der Waals surface area (Å²) < 4.78 is 16.7. The zero-order valence-electron chi connectivity index (χ0n) is 16.3. The van der Waals surface area contributed by atoms with Crippen LogP contribution in [0, 0.1) is 0 Å². The van der Waals surface area contributed by atoms with Crippen LogP contribution in [0.4, 0.5) is 5.13 Å². The molecule has 0 N–H and O–H groups in total. The number of halogens is 1. The molecule has 7 nitrogen and oxygen atoms in total. The average molecular weight is 498 g/mol. The molecule has 4 aromatic rings. The van der Waals surface area contributed by atoms with Crippen LogP contribution >= 0.6 is 27.3 Å². The summed E-state index contributed by atoms with van der Waals surface area (Å²) in [6.45, 7) is 0.329. The number of azo groups is 1. The highest BCUT2D eigenvalue weighted by molar-refractivity contribution is 9.10. The Balaban J connectivity index is 1.41. The Kier molecular flexibility index (Phi) is 6.54. The van der Waals surface area contributed by atoms with Gasteiger partial charge in [-0.15, -0.1) is 16.5 Å². The number of hydrogen-bond acceptors (Lipinski definition) is 8. The van der Waals surface area contributed by atoms with Gasteiger partial charge < -0.3 is 13.9 Å². The van der Waals surface area contributed by atoms with E-state index in [1.165, 1.54) is 30.8 Å². The van der Waals surface area contributed by atoms with Crippen molar-refractivity contribution in [2.45, 2.75) is 6.54 Å². The van der Waals surface area contributed by atoms with E-state index in [1.54, 1.807) is 24.3 Å². The maximum absolute atomic E-state index is 12.1. The molecule has 0 aliphatic heterocycles. The van der Waals surface area contributed by atoms with Crippen LogP contribution in [0.5, 0.6) is 11.5 Å². The van der Waals surface area contributed by atoms with Crippen molar-refractivity contribution in [2.75, 3.05) is 7.11 Å². The first-order valence-electron chi connectivity index (χ1n) is 9.14. The number of rotatable bonds is 7. The first kappa shape index (κ1) is 21.0. The van der Waals surface area contributed by atoms with Crippen LogP contribution in [0.2, 0.25) is 0 Å². The number of carbonyl (C=O) groups excluding carboxylic acids is 1. The fraction of sp³-hybridized carbons (Fsp3) is 0.0909. The van der Waals surface area contributed by atoms with Crippen molar-refractivity contribution in [3.05, 3.63) is 82.0 Å². The molecule has 2 aromatic carbocycles. The van der Waals surface area contributed by atoms with Gasteiger partial charge in [-0.3, -0.25) is 0 Å². The Morgan fingerprint density at radius 3 is 2.74 bits per heavy atom. The van der Waals surface area contributed by atoms with Gasteiger partial charge in [0.05, 0.1) is 25.6 Å². The summed E-state index contributed by atoms with van der Waals surface area (Å²) in [4.78, 5) is 16.6. The normalized spacial score (nSPS) is 11.0. The van der Waals surface area contributed by atoms with Crippen LogP contribution < -0.4 is 9.47 Å². The van der Waals surface area contributed by atoms with E-state index in [-0.39, 0.29) is 5.76 Å². The molecule has 0 bridgehead atoms. The molecule has 0 spiro atoms. The fourth-order valence-corrected chi connectivity index (χ4v) is 3.61. The number of nitrogens with zero attached hydrogens (tertiary/aromatic N) is 3. The number of aromatic nitrogens is 1. The first-order chi connectivity index (χ1) is 15.1. The predicted octanol–water partition coefficient (Wildman–Crippen LogP) is 6.68. The average Bonchev–Trinajstić information content (AvgIpc) is 3.48. The van der Waals surface area contributed by atoms with Crippen LogP contribution in [0.1, 0.15) is 16.1 Å². The summed E-state index contributed by atoms with van der Waals surface area (Å²) in [5, 5.41) is 11.0. The molecule has 0 atom stereocenters. The minimum atomic E-state index is -0.596. The smallest absolute Gasteiger partial charge is 0.379 e. The Morgan fingerprint density at radius 2 is 2.00 bits per heavy atom. The van der Waals surface area contributed by atoms with Crippen molar-refractivity contribution in [3.8, 4) is 22.8 Å². The highest BCUT2D eigenvalue weighted by Gasteiger charge is 2.15. The minimum Gasteiger partial charge on any atom is -0.493 e. The lowest BCUT2D eigenvalue weighted by Gasteiger charge is -2.09. The third kappa shape index (κ3) is 5.25. The lowest BCUT2D eigenvalue weighted by molar-refractivity contribution is 0.0696. The predicted molar refractivity (Wildman–Crippen MR) is 120 cm³/mol. The molecular weight excluding hydrogens is 482 g/mol. The number of benzene rings is 2. The molecule has 0 aliphatic carbocycles. The highest BCUT2D eigenvalue weighted by atomic mass is 79.9. The standard InChI is InChI=1S/C22H16BrN3O4S/c1-28-20-11-14(4-9-18(20)30-21(27)19-3-2-10-29-19)12-24-26-22-25-17(13-31-22)15-5-7-16(23)8-6-15/h2-11,13H,12H2,1H3. The van der Waals surface area contributed by atoms with Crippen LogP contribution in [-0.4, -0.2) is 18.1 Å². The topological polar surface area (TPSA) is 86.3 Å². The molecule has 2 aromatic heterocycles. The molecule has 0 saturated carbocycles. The van der Waals surface area contributed by atoms with Gasteiger partial charge in [-0.1, -0.05) is 34.1 Å². The second-order valence-electron chi connectivity index (χ2n) is 6.27. The molecule has 2 heterocycles. The first-order valence-corrected chi connectivity index (χ1v) is 10.8. The van der Waals surface area contributed by atoms with E-state index in [0.717, 1.165) is 21.3 Å². The lowest BCUT2D eigenvalue weighted by atomic mass is 10.2. The largest absolute Gasteiger partial charge is 0.493 e. The molecule has 0 aliphatic rings. The molecule has 0 amide bonds. The van der Waals surface area contributed by atoms with Gasteiger partial charge in [0, 0.05) is 15.4 Å². The van der Waals surface area contributed by atoms with E-state index in [1.807, 2.05) is 29.6 Å². The SMILES string of the molecule is COc1cc(CN=Nc2nc(-c3ccc(Br)cc3)cs2)ccc1OC(=O)c1ccco1. The van der Waals surface area contributed by atoms with Crippen LogP contribution in [0.15, 0.2) is 85.4 Å². The Hall–Kier alpha value is -3.30. The molecule has 0 fully saturated rings. The molecule has 156 valence electrons. The van der Waals surface area contributed by atoms with Crippen molar-refractivity contribution in [2.24, 2.45) is 10.2 Å². The van der Waals surface area contributed by atoms with E-state index in [9.17, 15) is 4.79 Å². The summed E-state index contributed by atoms with van der Waals surface area (Å²) in [5.74, 6) is 0.231. The van der Waals surface area contributed by atoms with E-state index in [4.69, 9.17) is 13.9 Å². The van der Waals surface area contributed by atoms with Gasteiger partial charge in [0.1, 0.15) is 0 Å². The molecular formula is C22H16BrN3O4S. The maximum atomic E-state index is 12.1. The van der Waals surface area contributed by atoms with Gasteiger partial charge in [0.25, 0.3) is 0 Å². The van der Waals surface area contributed by atoms with Gasteiger partial charge in [-0.2, -0.15) is 5.11 Å². The molecule has 0 unspecified atom stereocenters. The van der Waals surface area contributed by atoms with Gasteiger partial charge in [-0.25, -0.2) is 9.78 Å². The van der Waals surface area contributed by atoms with E-state index >= 15 is 0 Å². The quantitative estimate of drug-likeness (QED) is 0.161. The van der Waals surface area contributed by atoms with Crippen molar-refractivity contribution < 1.29 is 18.7 Å². The number of carbonyl (C=O) groups is 1. The summed E-state index contributed by atoms with van der Waals surface area (Å²) in [7, 11) is 1.50. The number of methoxy groups -OCH3 is 1. The van der Waals surface area contributed by atoms with E-state index in [2.05, 4.69) is 31.1 Å². The second kappa shape index (κ2) is 9.67. The number of furan rings is 1. The molecule has 0 radical (unpaired) electrons. The summed E-state index contributed by atoms with van der Waals surface area (Å²) in [6, 6.07) is 16.3. The van der Waals surface area contributed by atoms with Gasteiger partial charge in [0.15, 0.2) is 11.5 Å². The Morgan fingerprint density at radius 1 is 1.16 bits per heavy atom. The summed E-state index contributed by atoms with van der Waals surface area (Å²) in [5.41, 5.74) is 2.73. The number of thiazole rings is 1. The second-order valence-corrected chi connectivity index (χ2v) is 8.03. The van der Waals surface area contributed by atoms with Crippen molar-refractivity contribution >= 4 is 38.4 Å². The monoisotopic (exact) mass is 497 g/mol. The molecule has 9 heteroatoms. The van der Waals surface area contributed by atoms with Crippen molar-refractivity contribution in [1.82, 2.24) is 4.98 Å². The zero-order chi connectivity index (χ0) is 21.6. The van der Waals surface area contributed by atoms with Gasteiger partial charge >= 0.3 is 5.97 Å². The highest BCUT2D eigenvalue weighted by Crippen LogP contribution is 2.30. The van der Waals surface area contributed by atoms with E-state index in [0.29, 0.717) is 23.2 Å². The van der Waals surface area contributed by atoms with Gasteiger partial charge in [-0.05, 0) is 42.0 Å². The van der Waals surface area contributed by atoms with Gasteiger partial charge in [0.2, 0.25) is 10.9 Å². The lowest BCUT2D eigenvalue weighted by Crippen LogP contribution is -2.08. The van der Waals surface area contributed by atoms with Crippen LogP contribution in [0.25, 0.3) is 11.3 Å². The fourth-order valence-electron chi connectivity index (χ4n) is 2.68. The minimum absolute atomic E-state index is 0.117. The maximum Gasteiger partial charge on any atom is 0.379 e. The van der Waals surface area contributed by atoms with Crippen molar-refractivity contribution in [1.29, 1.82) is 0 Å². The van der Waals surface area contributed by atoms with Crippen LogP contribution in [0.3, 0.4) is 0 Å². The third-order valence-electron chi connectivity index (χ3n) is 4.19. The van der Waals surface area contributed by atoms with Crippen molar-refractivity contribution in [3.63, 3.8) is 0 Å². The number of ether oxygens (including phenoxy) is 2. The van der Waals surface area contributed by atoms with Crippen LogP contribution in [-0.2, 0) is 6.54 Å². The Labute approximate surface area is 190 Å². The molecule has 4 rings (SSSR count). The Bertz CT molecular complexity index is 1200. The summed E-state index contributed by atoms with van der Waals surface area (Å²) >= 11 is 4.85. The van der Waals surface area contributed by atoms with E-state index < -0.39 is 5.97 Å². The third-order valence-corrected chi connectivity index (χ3v) is 5.45. The number of esters is 1. The molecule has 0 saturated heterocycles. The summed E-state index contributed by atoms with van der Waals surface area (Å²) in [6.07, 6.45) is 1.41.